The molecule has 2 aliphatic rings. The molecule has 3 heterocycles. The molecule has 272 valence electrons. The largest absolute Gasteiger partial charge is 0.434 e. The van der Waals surface area contributed by atoms with Gasteiger partial charge in [0.1, 0.15) is 23.6 Å². The van der Waals surface area contributed by atoms with Crippen LogP contribution in [-0.2, 0) is 31.0 Å². The van der Waals surface area contributed by atoms with Crippen molar-refractivity contribution in [2.45, 2.75) is 75.5 Å². The number of ether oxygens (including phenoxy) is 1. The fourth-order valence-corrected chi connectivity index (χ4v) is 7.17. The molecule has 2 amide bonds. The van der Waals surface area contributed by atoms with E-state index in [0.717, 1.165) is 42.7 Å². The average Bonchev–Trinajstić information content (AvgIpc) is 3.70. The monoisotopic (exact) mass is 741 g/mol. The Morgan fingerprint density at radius 1 is 1.10 bits per heavy atom. The molecule has 0 bridgehead atoms. The smallest absolute Gasteiger partial charge is 0.391 e. The fourth-order valence-electron chi connectivity index (χ4n) is 6.30. The van der Waals surface area contributed by atoms with Crippen LogP contribution in [0, 0.1) is 5.92 Å². The number of carbonyl (C=O) groups is 3. The zero-order valence-electron chi connectivity index (χ0n) is 27.2. The number of oxazole rings is 1. The lowest BCUT2D eigenvalue weighted by molar-refractivity contribution is -0.144. The first-order chi connectivity index (χ1) is 23.6. The van der Waals surface area contributed by atoms with Crippen LogP contribution in [0.15, 0.2) is 52.9 Å². The lowest BCUT2D eigenvalue weighted by Crippen LogP contribution is -2.55. The molecule has 2 saturated heterocycles. The maximum Gasteiger partial charge on any atom is 0.391 e. The fraction of sp³-hybridized carbons (Fsp3) is 0.515. The van der Waals surface area contributed by atoms with Crippen molar-refractivity contribution in [3.05, 3.63) is 65.0 Å². The van der Waals surface area contributed by atoms with Crippen LogP contribution < -0.4 is 15.4 Å². The van der Waals surface area contributed by atoms with Crippen LogP contribution in [0.4, 0.5) is 13.2 Å². The van der Waals surface area contributed by atoms with Gasteiger partial charge in [-0.1, -0.05) is 35.9 Å². The average molecular weight is 742 g/mol. The summed E-state index contributed by atoms with van der Waals surface area (Å²) in [5.74, 6) is -3.32. The van der Waals surface area contributed by atoms with E-state index in [1.54, 1.807) is 36.4 Å². The van der Waals surface area contributed by atoms with E-state index in [9.17, 15) is 36.0 Å². The molecule has 0 radical (unpaired) electrons. The Hall–Kier alpha value is -3.57. The van der Waals surface area contributed by atoms with Gasteiger partial charge in [0.25, 0.3) is 5.89 Å². The quantitative estimate of drug-likeness (QED) is 0.208. The summed E-state index contributed by atoms with van der Waals surface area (Å²) in [7, 11) is -3.88. The molecule has 2 aromatic carbocycles. The molecule has 0 saturated carbocycles. The highest BCUT2D eigenvalue weighted by Crippen LogP contribution is 2.28. The minimum Gasteiger partial charge on any atom is -0.434 e. The summed E-state index contributed by atoms with van der Waals surface area (Å²) in [6, 6.07) is 8.29. The minimum absolute atomic E-state index is 0.0752. The normalized spacial score (nSPS) is 20.1. The number of halogens is 4. The van der Waals surface area contributed by atoms with E-state index in [4.69, 9.17) is 20.8 Å². The summed E-state index contributed by atoms with van der Waals surface area (Å²) in [6.45, 7) is 1.52. The molecular weight excluding hydrogens is 703 g/mol. The Labute approximate surface area is 292 Å². The zero-order valence-corrected chi connectivity index (χ0v) is 28.8. The van der Waals surface area contributed by atoms with Gasteiger partial charge in [-0.25, -0.2) is 18.1 Å². The van der Waals surface area contributed by atoms with Gasteiger partial charge in [-0.3, -0.25) is 14.4 Å². The van der Waals surface area contributed by atoms with Gasteiger partial charge in [0.15, 0.2) is 5.58 Å². The predicted octanol–water partition coefficient (Wildman–Crippen LogP) is 3.99. The standard InChI is InChI=1S/C33H39ClF3N5O7S/c1-50(46,47)41-25(11-8-20-12-14-38-15-13-20)32(45)42-18-23(48-19-21-6-9-22(34)10-7-21)16-27(42)30(44)39-26(17-33(35,36)37)29(43)31-40-24-4-2-3-5-28(24)49-31/h2-7,9-10,20,23,25-27,38,41H,8,11-19H2,1H3,(H,39,44)/t23-,25-,26+,27+/m1/s1. The van der Waals surface area contributed by atoms with Crippen molar-refractivity contribution in [3.8, 4) is 0 Å². The van der Waals surface area contributed by atoms with Crippen LogP contribution in [0.1, 0.15) is 54.8 Å². The molecule has 1 aromatic heterocycles. The van der Waals surface area contributed by atoms with Crippen molar-refractivity contribution in [1.82, 2.24) is 25.2 Å². The number of amides is 2. The number of likely N-dealkylation sites (tertiary alicyclic amines) is 1. The molecule has 3 aromatic rings. The molecule has 2 aliphatic heterocycles. The topological polar surface area (TPSA) is 160 Å². The predicted molar refractivity (Wildman–Crippen MR) is 178 cm³/mol. The lowest BCUT2D eigenvalue weighted by Gasteiger charge is -2.30. The number of para-hydroxylation sites is 2. The van der Waals surface area contributed by atoms with E-state index in [1.165, 1.54) is 12.1 Å². The number of carbonyl (C=O) groups excluding carboxylic acids is 3. The second-order valence-electron chi connectivity index (χ2n) is 12.7. The highest BCUT2D eigenvalue weighted by Gasteiger charge is 2.45. The number of hydrogen-bond donors (Lipinski definition) is 3. The van der Waals surface area contributed by atoms with Gasteiger partial charge in [-0.15, -0.1) is 0 Å². The van der Waals surface area contributed by atoms with Crippen LogP contribution in [0.2, 0.25) is 5.02 Å². The van der Waals surface area contributed by atoms with Crippen molar-refractivity contribution in [2.75, 3.05) is 25.9 Å². The number of alkyl halides is 3. The third-order valence-corrected chi connectivity index (χ3v) is 9.76. The molecule has 2 fully saturated rings. The molecule has 12 nitrogen and oxygen atoms in total. The first-order valence-electron chi connectivity index (χ1n) is 16.3. The number of hydrogen-bond acceptors (Lipinski definition) is 9. The van der Waals surface area contributed by atoms with Gasteiger partial charge in [-0.2, -0.15) is 13.2 Å². The van der Waals surface area contributed by atoms with Crippen molar-refractivity contribution in [2.24, 2.45) is 5.92 Å². The van der Waals surface area contributed by atoms with Gasteiger partial charge in [0.05, 0.1) is 25.4 Å². The Morgan fingerprint density at radius 3 is 2.46 bits per heavy atom. The number of sulfonamides is 1. The van der Waals surface area contributed by atoms with E-state index in [0.29, 0.717) is 11.4 Å². The third kappa shape index (κ3) is 10.5. The Morgan fingerprint density at radius 2 is 1.80 bits per heavy atom. The number of aromatic nitrogens is 1. The van der Waals surface area contributed by atoms with Crippen molar-refractivity contribution in [1.29, 1.82) is 0 Å². The maximum absolute atomic E-state index is 14.1. The van der Waals surface area contributed by atoms with Gasteiger partial charge in [-0.05, 0) is 74.5 Å². The first-order valence-corrected chi connectivity index (χ1v) is 18.5. The molecule has 0 unspecified atom stereocenters. The molecule has 17 heteroatoms. The molecule has 3 N–H and O–H groups in total. The molecule has 0 spiro atoms. The van der Waals surface area contributed by atoms with E-state index in [-0.39, 0.29) is 43.0 Å². The Balaban J connectivity index is 1.39. The van der Waals surface area contributed by atoms with Crippen LogP contribution in [0.3, 0.4) is 0 Å². The van der Waals surface area contributed by atoms with Crippen molar-refractivity contribution < 1.29 is 45.1 Å². The number of rotatable bonds is 14. The lowest BCUT2D eigenvalue weighted by atomic mass is 9.91. The first kappa shape index (κ1) is 37.7. The second-order valence-corrected chi connectivity index (χ2v) is 15.0. The number of ketones is 1. The number of Topliss-reactive ketones (excluding diaryl/α,β-unsaturated/α-hetero) is 1. The molecule has 0 aliphatic carbocycles. The van der Waals surface area contributed by atoms with Gasteiger partial charge >= 0.3 is 6.18 Å². The zero-order chi connectivity index (χ0) is 36.1. The van der Waals surface area contributed by atoms with Crippen LogP contribution in [-0.4, -0.2) is 92.2 Å². The Bertz CT molecular complexity index is 1730. The van der Waals surface area contributed by atoms with Crippen molar-refractivity contribution in [3.63, 3.8) is 0 Å². The summed E-state index contributed by atoms with van der Waals surface area (Å²) in [4.78, 5) is 46.4. The highest BCUT2D eigenvalue weighted by atomic mass is 35.5. The second kappa shape index (κ2) is 16.2. The number of fused-ring (bicyclic) bond motifs is 1. The molecule has 5 rings (SSSR count). The SMILES string of the molecule is CS(=O)(=O)N[C@H](CCC1CCNCC1)C(=O)N1C[C@H](OCc2ccc(Cl)cc2)C[C@H]1C(=O)N[C@@H](CC(F)(F)F)C(=O)c1nc2ccccc2o1. The Kier molecular flexibility index (Phi) is 12.2. The van der Waals surface area contributed by atoms with Crippen molar-refractivity contribution >= 4 is 50.3 Å². The van der Waals surface area contributed by atoms with Crippen LogP contribution in [0.5, 0.6) is 0 Å². The highest BCUT2D eigenvalue weighted by molar-refractivity contribution is 7.88. The molecular formula is C33H39ClF3N5O7S. The van der Waals surface area contributed by atoms with E-state index in [1.807, 2.05) is 0 Å². The molecule has 50 heavy (non-hydrogen) atoms. The number of benzene rings is 2. The summed E-state index contributed by atoms with van der Waals surface area (Å²) in [5, 5.41) is 5.96. The minimum atomic E-state index is -4.87. The maximum atomic E-state index is 14.1. The van der Waals surface area contributed by atoms with Gasteiger partial charge in [0.2, 0.25) is 27.6 Å². The number of piperidine rings is 1. The van der Waals surface area contributed by atoms with Crippen LogP contribution in [0.25, 0.3) is 11.1 Å². The number of nitrogens with one attached hydrogen (secondary N) is 3. The number of nitrogens with zero attached hydrogens (tertiary/aromatic N) is 2. The van der Waals surface area contributed by atoms with Crippen LogP contribution >= 0.6 is 11.6 Å². The van der Waals surface area contributed by atoms with E-state index in [2.05, 4.69) is 20.3 Å². The van der Waals surface area contributed by atoms with Gasteiger partial charge in [0, 0.05) is 18.0 Å². The van der Waals surface area contributed by atoms with Gasteiger partial charge < -0.3 is 24.7 Å². The third-order valence-electron chi connectivity index (χ3n) is 8.80. The summed E-state index contributed by atoms with van der Waals surface area (Å²) in [5.41, 5.74) is 1.16. The molecule has 4 atom stereocenters. The summed E-state index contributed by atoms with van der Waals surface area (Å²) >= 11 is 5.98. The summed E-state index contributed by atoms with van der Waals surface area (Å²) in [6.07, 6.45) is -4.16. The van der Waals surface area contributed by atoms with E-state index >= 15 is 0 Å². The van der Waals surface area contributed by atoms with E-state index < -0.39 is 70.3 Å². The summed E-state index contributed by atoms with van der Waals surface area (Å²) < 4.78 is 79.8.